The average Bonchev–Trinajstić information content (AvgIpc) is 2.89. The Balaban J connectivity index is 1.63. The molecule has 2 aliphatic rings. The topological polar surface area (TPSA) is 83.0 Å². The minimum atomic E-state index is -0.516. The lowest BCUT2D eigenvalue weighted by atomic mass is 9.74. The van der Waals surface area contributed by atoms with Crippen LogP contribution in [-0.2, 0) is 10.5 Å². The number of anilines is 1. The molecule has 1 unspecified atom stereocenters. The van der Waals surface area contributed by atoms with E-state index in [0.717, 1.165) is 29.0 Å². The van der Waals surface area contributed by atoms with Crippen LogP contribution in [0.25, 0.3) is 0 Å². The summed E-state index contributed by atoms with van der Waals surface area (Å²) in [5.74, 6) is 0.624. The molecular weight excluding hydrogens is 512 g/mol. The number of nitriles is 1. The van der Waals surface area contributed by atoms with Crippen molar-refractivity contribution in [2.24, 2.45) is 5.73 Å². The van der Waals surface area contributed by atoms with Crippen molar-refractivity contribution < 1.29 is 4.79 Å². The first kappa shape index (κ1) is 26.1. The molecule has 1 aliphatic carbocycles. The first-order valence-electron chi connectivity index (χ1n) is 12.7. The number of carbonyl (C=O) groups is 1. The third kappa shape index (κ3) is 4.73. The molecule has 0 spiro atoms. The molecule has 0 radical (unpaired) electrons. The number of benzene rings is 2. The summed E-state index contributed by atoms with van der Waals surface area (Å²) in [6, 6.07) is 18.8. The summed E-state index contributed by atoms with van der Waals surface area (Å²) < 4.78 is 0. The Morgan fingerprint density at radius 1 is 1.13 bits per heavy atom. The molecule has 0 fully saturated rings. The number of nitrogens with zero attached hydrogens (tertiary/aromatic N) is 3. The molecule has 5 nitrogen and oxygen atoms in total. The largest absolute Gasteiger partial charge is 0.384 e. The van der Waals surface area contributed by atoms with Crippen molar-refractivity contribution in [2.75, 3.05) is 4.90 Å². The molecule has 5 rings (SSSR count). The Morgan fingerprint density at radius 3 is 2.61 bits per heavy atom. The SMILES string of the molecule is Cc1ccc(SCc2cc(C3C(C#N)=C(N)N(c4cccnc4Cl)C4=C3C(=O)CCC4)c(C)cc2C)cc1. The van der Waals surface area contributed by atoms with Gasteiger partial charge in [-0.3, -0.25) is 9.69 Å². The second-order valence-corrected chi connectivity index (χ2v) is 11.3. The van der Waals surface area contributed by atoms with Crippen LogP contribution in [0, 0.1) is 32.1 Å². The smallest absolute Gasteiger partial charge is 0.161 e. The number of allylic oxidation sites excluding steroid dienone is 3. The number of aromatic nitrogens is 1. The fraction of sp³-hybridized carbons (Fsp3) is 0.258. The van der Waals surface area contributed by atoms with E-state index in [-0.39, 0.29) is 10.9 Å². The summed E-state index contributed by atoms with van der Waals surface area (Å²) in [6.45, 7) is 6.24. The molecule has 192 valence electrons. The number of nitrogens with two attached hydrogens (primary N) is 1. The van der Waals surface area contributed by atoms with Crippen LogP contribution in [0.2, 0.25) is 5.15 Å². The Morgan fingerprint density at radius 2 is 1.89 bits per heavy atom. The van der Waals surface area contributed by atoms with Crippen molar-refractivity contribution in [3.8, 4) is 6.07 Å². The van der Waals surface area contributed by atoms with Crippen LogP contribution < -0.4 is 10.6 Å². The second kappa shape index (κ2) is 10.7. The van der Waals surface area contributed by atoms with Gasteiger partial charge in [0.05, 0.1) is 23.2 Å². The van der Waals surface area contributed by atoms with E-state index < -0.39 is 5.92 Å². The van der Waals surface area contributed by atoms with Gasteiger partial charge in [-0.2, -0.15) is 5.26 Å². The number of Topliss-reactive ketones (excluding diaryl/α,β-unsaturated/α-hetero) is 1. The molecule has 0 saturated heterocycles. The number of halogens is 1. The molecule has 0 saturated carbocycles. The molecule has 0 amide bonds. The van der Waals surface area contributed by atoms with Crippen molar-refractivity contribution in [2.45, 2.75) is 56.6 Å². The molecule has 2 N–H and O–H groups in total. The molecule has 3 aromatic rings. The monoisotopic (exact) mass is 540 g/mol. The van der Waals surface area contributed by atoms with Gasteiger partial charge in [-0.1, -0.05) is 41.4 Å². The van der Waals surface area contributed by atoms with Crippen LogP contribution >= 0.6 is 23.4 Å². The summed E-state index contributed by atoms with van der Waals surface area (Å²) in [4.78, 5) is 20.7. The number of ketones is 1. The number of pyridine rings is 1. The van der Waals surface area contributed by atoms with E-state index in [1.54, 1.807) is 28.9 Å². The van der Waals surface area contributed by atoms with Gasteiger partial charge in [0, 0.05) is 34.5 Å². The van der Waals surface area contributed by atoms with Crippen LogP contribution in [0.3, 0.4) is 0 Å². The minimum absolute atomic E-state index is 0.0528. The second-order valence-electron chi connectivity index (χ2n) is 9.87. The third-order valence-corrected chi connectivity index (χ3v) is 8.70. The van der Waals surface area contributed by atoms with Crippen LogP contribution in [0.1, 0.15) is 53.0 Å². The predicted molar refractivity (Wildman–Crippen MR) is 154 cm³/mol. The summed E-state index contributed by atoms with van der Waals surface area (Å²) >= 11 is 8.25. The highest BCUT2D eigenvalue weighted by molar-refractivity contribution is 7.98. The van der Waals surface area contributed by atoms with Crippen LogP contribution in [0.5, 0.6) is 0 Å². The standard InChI is InChI=1S/C31H29ClN4OS/c1-18-9-11-22(12-10-18)38-17-21-15-23(20(3)14-19(21)2)28-24(16-33)31(34)36(26-7-5-13-35-30(26)32)25-6-4-8-27(37)29(25)28/h5,7,9-15,28H,4,6,8,17,34H2,1-3H3. The normalized spacial score (nSPS) is 17.5. The predicted octanol–water partition coefficient (Wildman–Crippen LogP) is 7.26. The molecule has 2 aromatic carbocycles. The number of thioether (sulfide) groups is 1. The maximum absolute atomic E-state index is 13.5. The van der Waals surface area contributed by atoms with E-state index >= 15 is 0 Å². The fourth-order valence-corrected chi connectivity index (χ4v) is 6.56. The van der Waals surface area contributed by atoms with Crippen LogP contribution in [0.4, 0.5) is 5.69 Å². The van der Waals surface area contributed by atoms with Crippen molar-refractivity contribution >= 4 is 34.8 Å². The van der Waals surface area contributed by atoms with Crippen LogP contribution in [0.15, 0.2) is 82.3 Å². The van der Waals surface area contributed by atoms with E-state index in [1.807, 2.05) is 13.0 Å². The quantitative estimate of drug-likeness (QED) is 0.271. The van der Waals surface area contributed by atoms with Gasteiger partial charge in [0.2, 0.25) is 0 Å². The lowest BCUT2D eigenvalue weighted by molar-refractivity contribution is -0.116. The molecule has 7 heteroatoms. The zero-order valence-corrected chi connectivity index (χ0v) is 23.3. The van der Waals surface area contributed by atoms with Gasteiger partial charge in [0.15, 0.2) is 10.9 Å². The van der Waals surface area contributed by atoms with Gasteiger partial charge in [0.1, 0.15) is 5.82 Å². The molecule has 0 bridgehead atoms. The molecule has 2 heterocycles. The maximum atomic E-state index is 13.5. The highest BCUT2D eigenvalue weighted by Crippen LogP contribution is 2.48. The third-order valence-electron chi connectivity index (χ3n) is 7.34. The summed E-state index contributed by atoms with van der Waals surface area (Å²) in [5.41, 5.74) is 14.7. The van der Waals surface area contributed by atoms with Crippen molar-refractivity contribution in [3.63, 3.8) is 0 Å². The van der Waals surface area contributed by atoms with Gasteiger partial charge < -0.3 is 5.73 Å². The number of carbonyl (C=O) groups excluding carboxylic acids is 1. The molecule has 1 atom stereocenters. The Kier molecular flexibility index (Phi) is 7.34. The van der Waals surface area contributed by atoms with Gasteiger partial charge >= 0.3 is 0 Å². The Hall–Kier alpha value is -3.53. The van der Waals surface area contributed by atoms with E-state index in [1.165, 1.54) is 21.6 Å². The van der Waals surface area contributed by atoms with E-state index in [9.17, 15) is 10.1 Å². The minimum Gasteiger partial charge on any atom is -0.384 e. The molecule has 38 heavy (non-hydrogen) atoms. The Bertz CT molecular complexity index is 1530. The number of rotatable bonds is 5. The van der Waals surface area contributed by atoms with E-state index in [2.05, 4.69) is 61.3 Å². The average molecular weight is 541 g/mol. The van der Waals surface area contributed by atoms with Gasteiger partial charge in [-0.25, -0.2) is 4.98 Å². The summed E-state index contributed by atoms with van der Waals surface area (Å²) in [7, 11) is 0. The van der Waals surface area contributed by atoms with Crippen LogP contribution in [-0.4, -0.2) is 10.8 Å². The summed E-state index contributed by atoms with van der Waals surface area (Å²) in [6.07, 6.45) is 3.45. The zero-order chi connectivity index (χ0) is 27.0. The van der Waals surface area contributed by atoms with E-state index in [4.69, 9.17) is 17.3 Å². The van der Waals surface area contributed by atoms with Gasteiger partial charge in [-0.15, -0.1) is 11.8 Å². The lowest BCUT2D eigenvalue weighted by Gasteiger charge is -2.40. The number of hydrogen-bond acceptors (Lipinski definition) is 6. The van der Waals surface area contributed by atoms with Crippen molar-refractivity contribution in [3.05, 3.63) is 110 Å². The maximum Gasteiger partial charge on any atom is 0.161 e. The van der Waals surface area contributed by atoms with Crippen molar-refractivity contribution in [1.82, 2.24) is 4.98 Å². The van der Waals surface area contributed by atoms with Crippen molar-refractivity contribution in [1.29, 1.82) is 5.26 Å². The van der Waals surface area contributed by atoms with Gasteiger partial charge in [-0.05, 0) is 80.1 Å². The van der Waals surface area contributed by atoms with Gasteiger partial charge in [0.25, 0.3) is 0 Å². The first-order chi connectivity index (χ1) is 18.3. The molecular formula is C31H29ClN4OS. The Labute approximate surface area is 233 Å². The lowest BCUT2D eigenvalue weighted by Crippen LogP contribution is -2.39. The molecule has 1 aromatic heterocycles. The highest BCUT2D eigenvalue weighted by atomic mass is 35.5. The number of hydrogen-bond donors (Lipinski definition) is 1. The fourth-order valence-electron chi connectivity index (χ4n) is 5.40. The highest BCUT2D eigenvalue weighted by Gasteiger charge is 2.41. The summed E-state index contributed by atoms with van der Waals surface area (Å²) in [5, 5.41) is 10.7. The molecule has 1 aliphatic heterocycles. The van der Waals surface area contributed by atoms with E-state index in [0.29, 0.717) is 35.5 Å². The zero-order valence-electron chi connectivity index (χ0n) is 21.7. The number of aryl methyl sites for hydroxylation is 3. The first-order valence-corrected chi connectivity index (χ1v) is 14.0.